The van der Waals surface area contributed by atoms with Gasteiger partial charge in [0.2, 0.25) is 23.6 Å². The molecule has 2 fully saturated rings. The van der Waals surface area contributed by atoms with Crippen LogP contribution in [-0.2, 0) is 24.0 Å². The minimum atomic E-state index is -1.06. The van der Waals surface area contributed by atoms with Crippen molar-refractivity contribution in [2.24, 2.45) is 11.7 Å². The lowest BCUT2D eigenvalue weighted by atomic mass is 10.0. The first-order valence-electron chi connectivity index (χ1n) is 11.2. The third-order valence-electron chi connectivity index (χ3n) is 5.94. The van der Waals surface area contributed by atoms with Crippen LogP contribution in [0.15, 0.2) is 0 Å². The molecular formula is C21H35N5O6. The van der Waals surface area contributed by atoms with Gasteiger partial charge in [0.15, 0.2) is 0 Å². The Kier molecular flexibility index (Phi) is 8.99. The maximum atomic E-state index is 12.9. The van der Waals surface area contributed by atoms with Gasteiger partial charge in [0.05, 0.1) is 6.54 Å². The normalized spacial score (nSPS) is 22.5. The predicted octanol–water partition coefficient (Wildman–Crippen LogP) is -0.953. The molecule has 0 aromatic carbocycles. The van der Waals surface area contributed by atoms with E-state index in [1.165, 1.54) is 16.7 Å². The van der Waals surface area contributed by atoms with Crippen molar-refractivity contribution in [1.82, 2.24) is 20.4 Å². The Morgan fingerprint density at radius 2 is 1.56 bits per heavy atom. The minimum absolute atomic E-state index is 0.0809. The number of amides is 4. The minimum Gasteiger partial charge on any atom is -0.480 e. The lowest BCUT2D eigenvalue weighted by molar-refractivity contribution is -0.149. The first kappa shape index (κ1) is 25.6. The van der Waals surface area contributed by atoms with Gasteiger partial charge in [0.25, 0.3) is 0 Å². The Labute approximate surface area is 188 Å². The number of nitrogens with two attached hydrogens (primary N) is 1. The van der Waals surface area contributed by atoms with Crippen molar-refractivity contribution in [3.63, 3.8) is 0 Å². The molecule has 2 rings (SSSR count). The van der Waals surface area contributed by atoms with Gasteiger partial charge in [-0.3, -0.25) is 19.2 Å². The van der Waals surface area contributed by atoms with Crippen molar-refractivity contribution >= 4 is 29.6 Å². The van der Waals surface area contributed by atoms with Crippen molar-refractivity contribution < 1.29 is 29.1 Å². The summed E-state index contributed by atoms with van der Waals surface area (Å²) in [6.07, 6.45) is 2.49. The molecule has 0 radical (unpaired) electrons. The first-order chi connectivity index (χ1) is 15.1. The van der Waals surface area contributed by atoms with Gasteiger partial charge in [-0.15, -0.1) is 0 Å². The number of hydrogen-bond acceptors (Lipinski definition) is 6. The summed E-state index contributed by atoms with van der Waals surface area (Å²) in [5.41, 5.74) is 5.43. The number of nitrogens with zero attached hydrogens (tertiary/aromatic N) is 2. The standard InChI is InChI=1S/C21H35N5O6/c1-12(2)10-14(24-19(29)15-6-4-8-25(15)17(27)11-22)18(28)23-13(3)20(30)26-9-5-7-16(26)21(31)32/h12-16H,4-11,22H2,1-3H3,(H,23,28)(H,24,29)(H,31,32)/t13-,14-,15-,16-/m0/s1. The van der Waals surface area contributed by atoms with E-state index in [0.29, 0.717) is 45.2 Å². The largest absolute Gasteiger partial charge is 0.480 e. The van der Waals surface area contributed by atoms with E-state index >= 15 is 0 Å². The third kappa shape index (κ3) is 6.18. The Hall–Kier alpha value is -2.69. The van der Waals surface area contributed by atoms with Gasteiger partial charge < -0.3 is 31.3 Å². The van der Waals surface area contributed by atoms with Crippen LogP contribution in [0.2, 0.25) is 0 Å². The number of carboxylic acids is 1. The monoisotopic (exact) mass is 453 g/mol. The summed E-state index contributed by atoms with van der Waals surface area (Å²) in [5.74, 6) is -2.70. The van der Waals surface area contributed by atoms with Crippen molar-refractivity contribution in [3.05, 3.63) is 0 Å². The van der Waals surface area contributed by atoms with Gasteiger partial charge in [-0.2, -0.15) is 0 Å². The second-order valence-electron chi connectivity index (χ2n) is 8.90. The number of aliphatic carboxylic acids is 1. The van der Waals surface area contributed by atoms with Crippen LogP contribution in [0.4, 0.5) is 0 Å². The molecule has 0 aliphatic carbocycles. The number of nitrogens with one attached hydrogen (secondary N) is 2. The van der Waals surface area contributed by atoms with Crippen LogP contribution in [0.1, 0.15) is 52.9 Å². The van der Waals surface area contributed by atoms with E-state index in [1.54, 1.807) is 0 Å². The molecule has 11 heteroatoms. The zero-order chi connectivity index (χ0) is 24.0. The molecule has 2 aliphatic heterocycles. The van der Waals surface area contributed by atoms with Gasteiger partial charge >= 0.3 is 5.97 Å². The van der Waals surface area contributed by atoms with Crippen LogP contribution >= 0.6 is 0 Å². The Morgan fingerprint density at radius 3 is 2.12 bits per heavy atom. The van der Waals surface area contributed by atoms with Crippen molar-refractivity contribution in [2.45, 2.75) is 77.0 Å². The fourth-order valence-corrected chi connectivity index (χ4v) is 4.34. The fourth-order valence-electron chi connectivity index (χ4n) is 4.34. The summed E-state index contributed by atoms with van der Waals surface area (Å²) in [7, 11) is 0. The van der Waals surface area contributed by atoms with E-state index in [0.717, 1.165) is 0 Å². The summed E-state index contributed by atoms with van der Waals surface area (Å²) in [5, 5.41) is 14.7. The molecule has 0 spiro atoms. The Bertz CT molecular complexity index is 742. The highest BCUT2D eigenvalue weighted by Crippen LogP contribution is 2.20. The van der Waals surface area contributed by atoms with Gasteiger partial charge in [-0.1, -0.05) is 13.8 Å². The van der Waals surface area contributed by atoms with Gasteiger partial charge in [-0.25, -0.2) is 4.79 Å². The molecule has 11 nitrogen and oxygen atoms in total. The molecule has 2 saturated heterocycles. The van der Waals surface area contributed by atoms with Crippen LogP contribution in [-0.4, -0.2) is 88.3 Å². The number of carbonyl (C=O) groups is 5. The summed E-state index contributed by atoms with van der Waals surface area (Å²) in [4.78, 5) is 64.6. The van der Waals surface area contributed by atoms with Crippen LogP contribution in [0.25, 0.3) is 0 Å². The molecule has 4 amide bonds. The summed E-state index contributed by atoms with van der Waals surface area (Å²) >= 11 is 0. The van der Waals surface area contributed by atoms with Crippen LogP contribution in [0.3, 0.4) is 0 Å². The Morgan fingerprint density at radius 1 is 0.969 bits per heavy atom. The maximum Gasteiger partial charge on any atom is 0.326 e. The molecule has 5 N–H and O–H groups in total. The van der Waals surface area contributed by atoms with Crippen molar-refractivity contribution in [3.8, 4) is 0 Å². The van der Waals surface area contributed by atoms with E-state index in [1.807, 2.05) is 13.8 Å². The molecule has 2 heterocycles. The molecular weight excluding hydrogens is 418 g/mol. The lowest BCUT2D eigenvalue weighted by Crippen LogP contribution is -2.57. The van der Waals surface area contributed by atoms with Gasteiger partial charge in [0, 0.05) is 13.1 Å². The highest BCUT2D eigenvalue weighted by atomic mass is 16.4. The first-order valence-corrected chi connectivity index (χ1v) is 11.2. The van der Waals surface area contributed by atoms with Gasteiger partial charge in [-0.05, 0) is 44.9 Å². The average molecular weight is 454 g/mol. The smallest absolute Gasteiger partial charge is 0.326 e. The SMILES string of the molecule is CC(C)C[C@H](NC(=O)[C@@H]1CCCN1C(=O)CN)C(=O)N[C@@H](C)C(=O)N1CCC[C@H]1C(=O)O. The zero-order valence-electron chi connectivity index (χ0n) is 19.0. The van der Waals surface area contributed by atoms with E-state index in [9.17, 15) is 29.1 Å². The maximum absolute atomic E-state index is 12.9. The zero-order valence-corrected chi connectivity index (χ0v) is 19.0. The Balaban J connectivity index is 2.04. The molecule has 0 saturated carbocycles. The van der Waals surface area contributed by atoms with Gasteiger partial charge in [0.1, 0.15) is 24.2 Å². The fraction of sp³-hybridized carbons (Fsp3) is 0.762. The number of hydrogen-bond donors (Lipinski definition) is 4. The van der Waals surface area contributed by atoms with Crippen molar-refractivity contribution in [1.29, 1.82) is 0 Å². The van der Waals surface area contributed by atoms with E-state index < -0.39 is 47.9 Å². The molecule has 0 aromatic rings. The molecule has 2 aliphatic rings. The van der Waals surface area contributed by atoms with E-state index in [2.05, 4.69) is 10.6 Å². The molecule has 0 aromatic heterocycles. The van der Waals surface area contributed by atoms with Crippen LogP contribution < -0.4 is 16.4 Å². The molecule has 0 bridgehead atoms. The summed E-state index contributed by atoms with van der Waals surface area (Å²) < 4.78 is 0. The number of rotatable bonds is 9. The van der Waals surface area contributed by atoms with Crippen molar-refractivity contribution in [2.75, 3.05) is 19.6 Å². The van der Waals surface area contributed by atoms with E-state index in [4.69, 9.17) is 5.73 Å². The highest BCUT2D eigenvalue weighted by molar-refractivity contribution is 5.95. The van der Waals surface area contributed by atoms with Crippen LogP contribution in [0.5, 0.6) is 0 Å². The highest BCUT2D eigenvalue weighted by Gasteiger charge is 2.38. The molecule has 32 heavy (non-hydrogen) atoms. The second-order valence-corrected chi connectivity index (χ2v) is 8.90. The molecule has 0 unspecified atom stereocenters. The summed E-state index contributed by atoms with van der Waals surface area (Å²) in [6.45, 7) is 5.90. The predicted molar refractivity (Wildman–Crippen MR) is 115 cm³/mol. The van der Waals surface area contributed by atoms with E-state index in [-0.39, 0.29) is 18.4 Å². The summed E-state index contributed by atoms with van der Waals surface area (Å²) in [6, 6.07) is -3.38. The number of likely N-dealkylation sites (tertiary alicyclic amines) is 2. The molecule has 180 valence electrons. The topological polar surface area (TPSA) is 162 Å². The quantitative estimate of drug-likeness (QED) is 0.350. The molecule has 4 atom stereocenters. The number of carboxylic acid groups (broad SMARTS) is 1. The second kappa shape index (κ2) is 11.3. The average Bonchev–Trinajstić information content (AvgIpc) is 3.41. The van der Waals surface area contributed by atoms with Crippen LogP contribution in [0, 0.1) is 5.92 Å². The lowest BCUT2D eigenvalue weighted by Gasteiger charge is -2.29. The third-order valence-corrected chi connectivity index (χ3v) is 5.94. The number of carbonyl (C=O) groups excluding carboxylic acids is 4.